The van der Waals surface area contributed by atoms with Crippen molar-refractivity contribution >= 4 is 12.0 Å². The minimum atomic E-state index is -1.59. The highest BCUT2D eigenvalue weighted by atomic mass is 16.4. The lowest BCUT2D eigenvalue weighted by molar-refractivity contribution is -0.144. The molecule has 0 aliphatic heterocycles. The van der Waals surface area contributed by atoms with Crippen molar-refractivity contribution in [2.75, 3.05) is 0 Å². The fourth-order valence-electron chi connectivity index (χ4n) is 2.31. The molecule has 108 valence electrons. The summed E-state index contributed by atoms with van der Waals surface area (Å²) in [6, 6.07) is 16.8. The Balaban J connectivity index is 2.51. The number of primary amides is 1. The van der Waals surface area contributed by atoms with Gasteiger partial charge in [0.2, 0.25) is 0 Å². The number of hydrogen-bond donors (Lipinski definition) is 3. The number of rotatable bonds is 5. The molecule has 21 heavy (non-hydrogen) atoms. The standard InChI is InChI=1S/C16H16N2O3/c17-15(21)18-16(14(19)20,13-9-5-2-6-10-13)11-12-7-3-1-4-8-12/h1-10H,11H2,(H,19,20)(H3,17,18,21). The van der Waals surface area contributed by atoms with Crippen LogP contribution in [0.5, 0.6) is 0 Å². The first kappa shape index (κ1) is 14.6. The van der Waals surface area contributed by atoms with E-state index in [0.717, 1.165) is 5.56 Å². The minimum absolute atomic E-state index is 0.107. The highest BCUT2D eigenvalue weighted by Gasteiger charge is 2.41. The number of benzene rings is 2. The Bertz CT molecular complexity index is 628. The summed E-state index contributed by atoms with van der Waals surface area (Å²) >= 11 is 0. The summed E-state index contributed by atoms with van der Waals surface area (Å²) in [7, 11) is 0. The largest absolute Gasteiger partial charge is 0.479 e. The van der Waals surface area contributed by atoms with E-state index in [4.69, 9.17) is 5.73 Å². The van der Waals surface area contributed by atoms with Crippen molar-refractivity contribution in [3.8, 4) is 0 Å². The van der Waals surface area contributed by atoms with Crippen molar-refractivity contribution in [3.05, 3.63) is 71.8 Å². The lowest BCUT2D eigenvalue weighted by atomic mass is 9.83. The third kappa shape index (κ3) is 3.20. The third-order valence-corrected chi connectivity index (χ3v) is 3.28. The van der Waals surface area contributed by atoms with Gasteiger partial charge in [0.15, 0.2) is 5.54 Å². The molecule has 5 heteroatoms. The molecule has 0 saturated carbocycles. The van der Waals surface area contributed by atoms with Crippen molar-refractivity contribution in [2.24, 2.45) is 5.73 Å². The number of nitrogens with two attached hydrogens (primary N) is 1. The zero-order chi connectivity index (χ0) is 15.3. The monoisotopic (exact) mass is 284 g/mol. The number of urea groups is 1. The van der Waals surface area contributed by atoms with E-state index in [9.17, 15) is 14.7 Å². The zero-order valence-corrected chi connectivity index (χ0v) is 11.3. The highest BCUT2D eigenvalue weighted by molar-refractivity contribution is 5.87. The average Bonchev–Trinajstić information content (AvgIpc) is 2.48. The van der Waals surface area contributed by atoms with Gasteiger partial charge in [0.05, 0.1) is 0 Å². The fraction of sp³-hybridized carbons (Fsp3) is 0.125. The molecule has 0 bridgehead atoms. The summed E-state index contributed by atoms with van der Waals surface area (Å²) in [4.78, 5) is 23.2. The van der Waals surface area contributed by atoms with Crippen LogP contribution in [0.4, 0.5) is 4.79 Å². The van der Waals surface area contributed by atoms with Crippen LogP contribution in [0.15, 0.2) is 60.7 Å². The molecule has 0 radical (unpaired) electrons. The Morgan fingerprint density at radius 1 is 1.00 bits per heavy atom. The second kappa shape index (κ2) is 6.09. The number of aliphatic carboxylic acids is 1. The number of hydrogen-bond acceptors (Lipinski definition) is 2. The molecule has 1 atom stereocenters. The van der Waals surface area contributed by atoms with Crippen LogP contribution < -0.4 is 11.1 Å². The molecule has 2 aromatic rings. The van der Waals surface area contributed by atoms with Gasteiger partial charge in [0.1, 0.15) is 0 Å². The lowest BCUT2D eigenvalue weighted by Gasteiger charge is -2.30. The summed E-state index contributed by atoms with van der Waals surface area (Å²) in [6.07, 6.45) is 0.107. The summed E-state index contributed by atoms with van der Waals surface area (Å²) in [5.41, 5.74) is 4.87. The van der Waals surface area contributed by atoms with Crippen LogP contribution in [0.3, 0.4) is 0 Å². The molecule has 0 saturated heterocycles. The van der Waals surface area contributed by atoms with Crippen LogP contribution in [0.25, 0.3) is 0 Å². The van der Waals surface area contributed by atoms with E-state index in [-0.39, 0.29) is 6.42 Å². The summed E-state index contributed by atoms with van der Waals surface area (Å²) in [5.74, 6) is -1.16. The second-order valence-corrected chi connectivity index (χ2v) is 4.73. The first-order valence-electron chi connectivity index (χ1n) is 6.45. The van der Waals surface area contributed by atoms with E-state index >= 15 is 0 Å². The second-order valence-electron chi connectivity index (χ2n) is 4.73. The Morgan fingerprint density at radius 2 is 1.52 bits per heavy atom. The van der Waals surface area contributed by atoms with Gasteiger partial charge >= 0.3 is 12.0 Å². The first-order valence-corrected chi connectivity index (χ1v) is 6.45. The number of amides is 2. The maximum atomic E-state index is 11.9. The smallest absolute Gasteiger partial charge is 0.334 e. The third-order valence-electron chi connectivity index (χ3n) is 3.28. The number of carbonyl (C=O) groups excluding carboxylic acids is 1. The molecule has 0 heterocycles. The Morgan fingerprint density at radius 3 is 2.00 bits per heavy atom. The molecule has 2 amide bonds. The van der Waals surface area contributed by atoms with Crippen molar-refractivity contribution in [3.63, 3.8) is 0 Å². The van der Waals surface area contributed by atoms with Gasteiger partial charge in [0, 0.05) is 6.42 Å². The Kier molecular flexibility index (Phi) is 4.23. The van der Waals surface area contributed by atoms with Crippen LogP contribution in [-0.2, 0) is 16.8 Å². The topological polar surface area (TPSA) is 92.4 Å². The SMILES string of the molecule is NC(=O)NC(Cc1ccccc1)(C(=O)O)c1ccccc1. The molecule has 0 aliphatic rings. The summed E-state index contributed by atoms with van der Waals surface area (Å²) in [6.45, 7) is 0. The van der Waals surface area contributed by atoms with E-state index in [1.807, 2.05) is 30.3 Å². The molecule has 0 aliphatic carbocycles. The van der Waals surface area contributed by atoms with Crippen LogP contribution in [-0.4, -0.2) is 17.1 Å². The average molecular weight is 284 g/mol. The van der Waals surface area contributed by atoms with E-state index in [0.29, 0.717) is 5.56 Å². The molecule has 4 N–H and O–H groups in total. The van der Waals surface area contributed by atoms with Gasteiger partial charge in [-0.05, 0) is 11.1 Å². The highest BCUT2D eigenvalue weighted by Crippen LogP contribution is 2.26. The van der Waals surface area contributed by atoms with E-state index in [1.54, 1.807) is 30.3 Å². The zero-order valence-electron chi connectivity index (χ0n) is 11.3. The number of carboxylic acids is 1. The van der Waals surface area contributed by atoms with E-state index in [2.05, 4.69) is 5.32 Å². The molecular formula is C16H16N2O3. The molecule has 5 nitrogen and oxygen atoms in total. The molecule has 0 spiro atoms. The predicted molar refractivity (Wildman–Crippen MR) is 78.6 cm³/mol. The molecular weight excluding hydrogens is 268 g/mol. The van der Waals surface area contributed by atoms with Gasteiger partial charge in [-0.1, -0.05) is 60.7 Å². The van der Waals surface area contributed by atoms with Gasteiger partial charge < -0.3 is 16.2 Å². The normalized spacial score (nSPS) is 13.1. The van der Waals surface area contributed by atoms with Gasteiger partial charge in [0.25, 0.3) is 0 Å². The predicted octanol–water partition coefficient (Wildman–Crippen LogP) is 1.88. The van der Waals surface area contributed by atoms with Crippen LogP contribution in [0.2, 0.25) is 0 Å². The van der Waals surface area contributed by atoms with Gasteiger partial charge in [-0.2, -0.15) is 0 Å². The molecule has 1 unspecified atom stereocenters. The number of nitrogens with one attached hydrogen (secondary N) is 1. The van der Waals surface area contributed by atoms with Crippen molar-refractivity contribution in [2.45, 2.75) is 12.0 Å². The number of carbonyl (C=O) groups is 2. The van der Waals surface area contributed by atoms with Crippen LogP contribution in [0.1, 0.15) is 11.1 Å². The van der Waals surface area contributed by atoms with Crippen molar-refractivity contribution in [1.82, 2.24) is 5.32 Å². The molecule has 2 rings (SSSR count). The first-order chi connectivity index (χ1) is 10.0. The Hall–Kier alpha value is -2.82. The molecule has 2 aromatic carbocycles. The van der Waals surface area contributed by atoms with Crippen molar-refractivity contribution < 1.29 is 14.7 Å². The van der Waals surface area contributed by atoms with Crippen LogP contribution >= 0.6 is 0 Å². The maximum absolute atomic E-state index is 11.9. The lowest BCUT2D eigenvalue weighted by Crippen LogP contribution is -2.55. The summed E-state index contributed by atoms with van der Waals surface area (Å²) in [5, 5.41) is 12.1. The fourth-order valence-corrected chi connectivity index (χ4v) is 2.31. The Labute approximate surface area is 122 Å². The molecule has 0 fully saturated rings. The van der Waals surface area contributed by atoms with Gasteiger partial charge in [-0.25, -0.2) is 9.59 Å². The van der Waals surface area contributed by atoms with Gasteiger partial charge in [-0.3, -0.25) is 0 Å². The maximum Gasteiger partial charge on any atom is 0.334 e. The minimum Gasteiger partial charge on any atom is -0.479 e. The number of carboxylic acid groups (broad SMARTS) is 1. The molecule has 0 aromatic heterocycles. The van der Waals surface area contributed by atoms with E-state index in [1.165, 1.54) is 0 Å². The van der Waals surface area contributed by atoms with Crippen molar-refractivity contribution in [1.29, 1.82) is 0 Å². The van der Waals surface area contributed by atoms with Gasteiger partial charge in [-0.15, -0.1) is 0 Å². The summed E-state index contributed by atoms with van der Waals surface area (Å²) < 4.78 is 0. The van der Waals surface area contributed by atoms with Crippen LogP contribution in [0, 0.1) is 0 Å². The van der Waals surface area contributed by atoms with E-state index < -0.39 is 17.5 Å². The quantitative estimate of drug-likeness (QED) is 0.782.